The van der Waals surface area contributed by atoms with E-state index in [1.165, 1.54) is 0 Å². The monoisotopic (exact) mass is 513 g/mol. The first-order valence-corrected chi connectivity index (χ1v) is 12.6. The molecule has 0 aromatic heterocycles. The van der Waals surface area contributed by atoms with Gasteiger partial charge in [0.1, 0.15) is 0 Å². The number of nitrogens with one attached hydrogen (secondary N) is 4. The first-order valence-electron chi connectivity index (χ1n) is 12.6. The maximum Gasteiger partial charge on any atom is 0.239 e. The van der Waals surface area contributed by atoms with E-state index >= 15 is 0 Å². The van der Waals surface area contributed by atoms with Crippen molar-refractivity contribution >= 4 is 29.4 Å². The van der Waals surface area contributed by atoms with Crippen LogP contribution in [0.4, 0.5) is 0 Å². The Bertz CT molecular complexity index is 746. The molecule has 6 N–H and O–H groups in total. The van der Waals surface area contributed by atoms with Gasteiger partial charge in [-0.25, -0.2) is 0 Å². The zero-order valence-corrected chi connectivity index (χ0v) is 23.0. The number of ether oxygens (including phenoxy) is 1. The number of hydrogen-bond donors (Lipinski definition) is 5. The highest BCUT2D eigenvalue weighted by atomic mass is 16.5. The lowest BCUT2D eigenvalue weighted by Crippen LogP contribution is -2.48. The summed E-state index contributed by atoms with van der Waals surface area (Å²) in [6.07, 6.45) is 2.29. The molecule has 0 saturated carbocycles. The SMILES string of the molecule is CC(C)C(=O)[C@H](CCCCNC(=O)C(C)(C)CCOC(C)(C)C)NC(=O)CNC(=O)CNC(=O)CN. The Morgan fingerprint density at radius 2 is 1.42 bits per heavy atom. The lowest BCUT2D eigenvalue weighted by Gasteiger charge is -2.26. The van der Waals surface area contributed by atoms with Crippen LogP contribution in [-0.4, -0.2) is 73.8 Å². The van der Waals surface area contributed by atoms with E-state index in [2.05, 4.69) is 21.3 Å². The Labute approximate surface area is 215 Å². The molecule has 0 rings (SSSR count). The van der Waals surface area contributed by atoms with E-state index in [9.17, 15) is 24.0 Å². The zero-order valence-electron chi connectivity index (χ0n) is 23.0. The van der Waals surface area contributed by atoms with Crippen molar-refractivity contribution < 1.29 is 28.7 Å². The lowest BCUT2D eigenvalue weighted by atomic mass is 9.88. The van der Waals surface area contributed by atoms with Crippen LogP contribution in [0.15, 0.2) is 0 Å². The number of unbranched alkanes of at least 4 members (excludes halogenated alkanes) is 1. The summed E-state index contributed by atoms with van der Waals surface area (Å²) in [7, 11) is 0. The molecule has 208 valence electrons. The van der Waals surface area contributed by atoms with Gasteiger partial charge in [0.05, 0.1) is 31.3 Å². The van der Waals surface area contributed by atoms with Gasteiger partial charge in [-0.15, -0.1) is 0 Å². The predicted molar refractivity (Wildman–Crippen MR) is 138 cm³/mol. The van der Waals surface area contributed by atoms with E-state index in [0.717, 1.165) is 0 Å². The molecule has 0 aliphatic carbocycles. The van der Waals surface area contributed by atoms with Gasteiger partial charge in [-0.3, -0.25) is 24.0 Å². The molecule has 0 bridgehead atoms. The van der Waals surface area contributed by atoms with Crippen molar-refractivity contribution in [1.29, 1.82) is 0 Å². The lowest BCUT2D eigenvalue weighted by molar-refractivity contribution is -0.131. The second-order valence-electron chi connectivity index (χ2n) is 10.8. The number of amides is 4. The fraction of sp³-hybridized carbons (Fsp3) is 0.800. The van der Waals surface area contributed by atoms with Gasteiger partial charge in [0.25, 0.3) is 0 Å². The fourth-order valence-electron chi connectivity index (χ4n) is 3.07. The van der Waals surface area contributed by atoms with Crippen molar-refractivity contribution in [1.82, 2.24) is 21.3 Å². The van der Waals surface area contributed by atoms with Gasteiger partial charge >= 0.3 is 0 Å². The van der Waals surface area contributed by atoms with E-state index in [1.54, 1.807) is 13.8 Å². The van der Waals surface area contributed by atoms with Crippen LogP contribution in [0.25, 0.3) is 0 Å². The molecule has 0 radical (unpaired) electrons. The molecule has 0 aliphatic rings. The van der Waals surface area contributed by atoms with Crippen LogP contribution in [0.3, 0.4) is 0 Å². The number of carbonyl (C=O) groups is 5. The minimum absolute atomic E-state index is 0.0542. The third-order valence-electron chi connectivity index (χ3n) is 5.41. The molecule has 0 aliphatic heterocycles. The Balaban J connectivity index is 4.51. The zero-order chi connectivity index (χ0) is 27.9. The van der Waals surface area contributed by atoms with Gasteiger partial charge in [0, 0.05) is 24.5 Å². The van der Waals surface area contributed by atoms with Gasteiger partial charge < -0.3 is 31.7 Å². The molecule has 36 heavy (non-hydrogen) atoms. The molecule has 0 saturated heterocycles. The molecule has 0 aromatic rings. The number of rotatable bonds is 17. The number of ketones is 1. The highest BCUT2D eigenvalue weighted by molar-refractivity contribution is 5.92. The molecule has 0 heterocycles. The summed E-state index contributed by atoms with van der Waals surface area (Å²) >= 11 is 0. The molecular weight excluding hydrogens is 466 g/mol. The van der Waals surface area contributed by atoms with Crippen molar-refractivity contribution in [3.63, 3.8) is 0 Å². The number of nitrogens with two attached hydrogens (primary N) is 1. The predicted octanol–water partition coefficient (Wildman–Crippen LogP) is 0.405. The normalized spacial score (nSPS) is 12.6. The molecule has 1 atom stereocenters. The minimum Gasteiger partial charge on any atom is -0.376 e. The smallest absolute Gasteiger partial charge is 0.239 e. The molecule has 0 aromatic carbocycles. The van der Waals surface area contributed by atoms with Gasteiger partial charge in [0.15, 0.2) is 5.78 Å². The van der Waals surface area contributed by atoms with Gasteiger partial charge in [0.2, 0.25) is 23.6 Å². The van der Waals surface area contributed by atoms with Gasteiger partial charge in [-0.1, -0.05) is 27.7 Å². The Hall–Kier alpha value is -2.53. The minimum atomic E-state index is -0.687. The number of Topliss-reactive ketones (excluding diaryl/α,β-unsaturated/α-hetero) is 1. The standard InChI is InChI=1S/C25H47N5O6/c1-17(2)22(34)18(30-21(33)16-29-20(32)15-28-19(31)14-26)10-8-9-12-27-23(35)25(6,7)11-13-36-24(3,4)5/h17-18H,8-16,26H2,1-7H3,(H,27,35)(H,28,31)(H,29,32)(H,30,33)/t18-/m0/s1. The molecular formula is C25H47N5O6. The van der Waals surface area contributed by atoms with Crippen molar-refractivity contribution in [3.8, 4) is 0 Å². The number of carbonyl (C=O) groups excluding carboxylic acids is 5. The van der Waals surface area contributed by atoms with Crippen LogP contribution in [0.5, 0.6) is 0 Å². The highest BCUT2D eigenvalue weighted by Gasteiger charge is 2.28. The summed E-state index contributed by atoms with van der Waals surface area (Å²) in [6.45, 7) is 13.3. The van der Waals surface area contributed by atoms with Crippen molar-refractivity contribution in [3.05, 3.63) is 0 Å². The average molecular weight is 514 g/mol. The average Bonchev–Trinajstić information content (AvgIpc) is 2.78. The number of hydrogen-bond acceptors (Lipinski definition) is 7. The maximum absolute atomic E-state index is 12.6. The first kappa shape index (κ1) is 33.5. The first-order chi connectivity index (χ1) is 16.6. The summed E-state index contributed by atoms with van der Waals surface area (Å²) in [5.74, 6) is -1.95. The van der Waals surface area contributed by atoms with Crippen molar-refractivity contribution in [2.45, 2.75) is 85.8 Å². The summed E-state index contributed by atoms with van der Waals surface area (Å²) in [4.78, 5) is 60.2. The van der Waals surface area contributed by atoms with E-state index in [1.807, 2.05) is 34.6 Å². The molecule has 0 spiro atoms. The van der Waals surface area contributed by atoms with Crippen LogP contribution in [0.1, 0.15) is 74.1 Å². The largest absolute Gasteiger partial charge is 0.376 e. The molecule has 11 nitrogen and oxygen atoms in total. The highest BCUT2D eigenvalue weighted by Crippen LogP contribution is 2.22. The topological polar surface area (TPSA) is 169 Å². The molecule has 0 unspecified atom stereocenters. The van der Waals surface area contributed by atoms with E-state index in [0.29, 0.717) is 38.8 Å². The van der Waals surface area contributed by atoms with Gasteiger partial charge in [-0.2, -0.15) is 0 Å². The second kappa shape index (κ2) is 16.3. The van der Waals surface area contributed by atoms with Crippen LogP contribution >= 0.6 is 0 Å². The Morgan fingerprint density at radius 1 is 0.833 bits per heavy atom. The summed E-state index contributed by atoms with van der Waals surface area (Å²) < 4.78 is 5.72. The van der Waals surface area contributed by atoms with Crippen molar-refractivity contribution in [2.24, 2.45) is 17.1 Å². The maximum atomic E-state index is 12.6. The van der Waals surface area contributed by atoms with Crippen molar-refractivity contribution in [2.75, 3.05) is 32.8 Å². The van der Waals surface area contributed by atoms with Gasteiger partial charge in [-0.05, 0) is 46.5 Å². The van der Waals surface area contributed by atoms with E-state index in [4.69, 9.17) is 10.5 Å². The molecule has 4 amide bonds. The van der Waals surface area contributed by atoms with Crippen LogP contribution in [0, 0.1) is 11.3 Å². The van der Waals surface area contributed by atoms with E-state index < -0.39 is 29.2 Å². The quantitative estimate of drug-likeness (QED) is 0.175. The molecule has 11 heteroatoms. The second-order valence-corrected chi connectivity index (χ2v) is 10.8. The van der Waals surface area contributed by atoms with Crippen LogP contribution < -0.4 is 27.0 Å². The van der Waals surface area contributed by atoms with Crippen LogP contribution in [0.2, 0.25) is 0 Å². The fourth-order valence-corrected chi connectivity index (χ4v) is 3.07. The third-order valence-corrected chi connectivity index (χ3v) is 5.41. The summed E-state index contributed by atoms with van der Waals surface area (Å²) in [5.41, 5.74) is 4.33. The summed E-state index contributed by atoms with van der Waals surface area (Å²) in [5, 5.41) is 10.3. The van der Waals surface area contributed by atoms with E-state index in [-0.39, 0.29) is 42.8 Å². The Kier molecular flexibility index (Phi) is 15.1. The van der Waals surface area contributed by atoms with Crippen LogP contribution in [-0.2, 0) is 28.7 Å². The molecule has 0 fully saturated rings. The third kappa shape index (κ3) is 15.5. The Morgan fingerprint density at radius 3 is 1.97 bits per heavy atom. The summed E-state index contributed by atoms with van der Waals surface area (Å²) in [6, 6.07) is -0.687.